The third kappa shape index (κ3) is 1.46. The highest BCUT2D eigenvalue weighted by Gasteiger charge is 2.41. The molecule has 70 valence electrons. The Morgan fingerprint density at radius 3 is 2.50 bits per heavy atom. The van der Waals surface area contributed by atoms with Gasteiger partial charge in [0.1, 0.15) is 6.73 Å². The number of nitrogens with zero attached hydrogens (tertiary/aromatic N) is 2. The van der Waals surface area contributed by atoms with Crippen LogP contribution in [0.25, 0.3) is 0 Å². The first-order valence-electron chi connectivity index (χ1n) is 4.43. The maximum atomic E-state index is 12.7. The average Bonchev–Trinajstić information content (AvgIpc) is 2.40. The van der Waals surface area contributed by atoms with E-state index in [9.17, 15) is 4.48 Å². The summed E-state index contributed by atoms with van der Waals surface area (Å²) in [5, 5.41) is 0.769. The van der Waals surface area contributed by atoms with Crippen LogP contribution < -0.4 is 0 Å². The Labute approximate surface area is 72.0 Å². The Hall–Kier alpha value is -0.190. The summed E-state index contributed by atoms with van der Waals surface area (Å²) in [4.78, 5) is 2.26. The first kappa shape index (κ1) is 8.41. The molecule has 2 heterocycles. The number of piperidine rings is 1. The predicted molar refractivity (Wildman–Crippen MR) is 43.2 cm³/mol. The van der Waals surface area contributed by atoms with Crippen LogP contribution in [0.2, 0.25) is 0 Å². The van der Waals surface area contributed by atoms with E-state index in [1.165, 1.54) is 0 Å². The molecule has 0 N–H and O–H groups in total. The first-order valence-corrected chi connectivity index (χ1v) is 4.43. The molecule has 0 atom stereocenters. The summed E-state index contributed by atoms with van der Waals surface area (Å²) >= 11 is 0. The molecule has 0 unspecified atom stereocenters. The quantitative estimate of drug-likeness (QED) is 0.501. The van der Waals surface area contributed by atoms with Crippen LogP contribution in [0.15, 0.2) is 0 Å². The second-order valence-electron chi connectivity index (χ2n) is 3.88. The minimum Gasteiger partial charge on any atom is -0.356 e. The van der Waals surface area contributed by atoms with E-state index in [0.717, 1.165) is 31.1 Å². The molecule has 2 aliphatic heterocycles. The molecule has 2 saturated heterocycles. The van der Waals surface area contributed by atoms with E-state index in [2.05, 4.69) is 11.9 Å². The number of hydrogen-bond acceptors (Lipinski definition) is 3. The number of ether oxygens (including phenoxy) is 1. The lowest BCUT2D eigenvalue weighted by Gasteiger charge is -2.35. The lowest BCUT2D eigenvalue weighted by molar-refractivity contribution is -0.0476. The summed E-state index contributed by atoms with van der Waals surface area (Å²) in [7, 11) is 2.09. The summed E-state index contributed by atoms with van der Waals surface area (Å²) in [6.45, 7) is 2.66. The number of hydrogen-bond donors (Lipinski definition) is 0. The van der Waals surface area contributed by atoms with E-state index in [-0.39, 0.29) is 12.3 Å². The van der Waals surface area contributed by atoms with Crippen molar-refractivity contribution in [1.82, 2.24) is 10.0 Å². The van der Waals surface area contributed by atoms with E-state index in [0.29, 0.717) is 6.54 Å². The van der Waals surface area contributed by atoms with Gasteiger partial charge in [0.2, 0.25) is 0 Å². The summed E-state index contributed by atoms with van der Waals surface area (Å²) in [6.07, 6.45) is 1.92. The van der Waals surface area contributed by atoms with Gasteiger partial charge < -0.3 is 9.64 Å². The van der Waals surface area contributed by atoms with Crippen LogP contribution in [0.5, 0.6) is 0 Å². The van der Waals surface area contributed by atoms with Gasteiger partial charge in [0, 0.05) is 13.1 Å². The van der Waals surface area contributed by atoms with E-state index in [4.69, 9.17) is 4.74 Å². The van der Waals surface area contributed by atoms with Crippen molar-refractivity contribution in [2.75, 3.05) is 33.4 Å². The summed E-state index contributed by atoms with van der Waals surface area (Å²) in [5.74, 6) is 0. The van der Waals surface area contributed by atoms with E-state index in [1.807, 2.05) is 0 Å². The molecule has 0 aliphatic carbocycles. The molecule has 2 rings (SSSR count). The van der Waals surface area contributed by atoms with E-state index in [1.54, 1.807) is 0 Å². The standard InChI is InChI=1S/C8H15FN2O/c1-10-4-2-8(3-5-10)6-11(9)7-12-8/h2-7H2,1H3. The van der Waals surface area contributed by atoms with Gasteiger partial charge in [-0.05, 0) is 19.9 Å². The van der Waals surface area contributed by atoms with E-state index < -0.39 is 0 Å². The summed E-state index contributed by atoms with van der Waals surface area (Å²) < 4.78 is 18.2. The summed E-state index contributed by atoms with van der Waals surface area (Å²) in [6, 6.07) is 0. The molecule has 2 fully saturated rings. The molecule has 1 spiro atoms. The van der Waals surface area contributed by atoms with Gasteiger partial charge in [-0.2, -0.15) is 0 Å². The van der Waals surface area contributed by atoms with Gasteiger partial charge in [0.15, 0.2) is 0 Å². The maximum Gasteiger partial charge on any atom is 0.128 e. The number of rotatable bonds is 0. The van der Waals surface area contributed by atoms with Crippen LogP contribution in [-0.2, 0) is 4.74 Å². The van der Waals surface area contributed by atoms with Gasteiger partial charge in [0.25, 0.3) is 0 Å². The fraction of sp³-hybridized carbons (Fsp3) is 1.00. The maximum absolute atomic E-state index is 12.7. The molecule has 4 heteroatoms. The second-order valence-corrected chi connectivity index (χ2v) is 3.88. The Morgan fingerprint density at radius 2 is 2.00 bits per heavy atom. The minimum absolute atomic E-state index is 0.156. The van der Waals surface area contributed by atoms with Crippen LogP contribution in [0.1, 0.15) is 12.8 Å². The van der Waals surface area contributed by atoms with Crippen LogP contribution in [0, 0.1) is 0 Å². The molecular weight excluding hydrogens is 159 g/mol. The molecule has 12 heavy (non-hydrogen) atoms. The number of halogens is 1. The second kappa shape index (κ2) is 2.94. The Kier molecular flexibility index (Phi) is 2.06. The lowest BCUT2D eigenvalue weighted by atomic mass is 9.92. The molecule has 0 aromatic carbocycles. The SMILES string of the molecule is CN1CCC2(CC1)CN(F)CO2. The van der Waals surface area contributed by atoms with Gasteiger partial charge in [-0.15, -0.1) is 9.60 Å². The van der Waals surface area contributed by atoms with Gasteiger partial charge >= 0.3 is 0 Å². The highest BCUT2D eigenvalue weighted by molar-refractivity contribution is 4.90. The largest absolute Gasteiger partial charge is 0.356 e. The lowest BCUT2D eigenvalue weighted by Crippen LogP contribution is -2.44. The zero-order valence-corrected chi connectivity index (χ0v) is 7.42. The Bertz CT molecular complexity index is 168. The molecule has 0 saturated carbocycles. The molecule has 2 aliphatic rings. The number of likely N-dealkylation sites (tertiary alicyclic amines) is 1. The molecule has 3 nitrogen and oxygen atoms in total. The predicted octanol–water partition coefficient (Wildman–Crippen LogP) is 0.625. The third-order valence-corrected chi connectivity index (χ3v) is 2.87. The monoisotopic (exact) mass is 174 g/mol. The first-order chi connectivity index (χ1) is 5.70. The van der Waals surface area contributed by atoms with Crippen LogP contribution in [0.4, 0.5) is 4.48 Å². The average molecular weight is 174 g/mol. The van der Waals surface area contributed by atoms with Crippen LogP contribution >= 0.6 is 0 Å². The minimum atomic E-state index is -0.165. The molecule has 0 amide bonds. The van der Waals surface area contributed by atoms with Crippen LogP contribution in [0.3, 0.4) is 0 Å². The smallest absolute Gasteiger partial charge is 0.128 e. The molecular formula is C8H15FN2O. The topological polar surface area (TPSA) is 15.7 Å². The van der Waals surface area contributed by atoms with Crippen molar-refractivity contribution in [2.45, 2.75) is 18.4 Å². The van der Waals surface area contributed by atoms with Crippen molar-refractivity contribution in [3.05, 3.63) is 0 Å². The van der Waals surface area contributed by atoms with E-state index >= 15 is 0 Å². The van der Waals surface area contributed by atoms with Crippen molar-refractivity contribution in [3.63, 3.8) is 0 Å². The normalized spacial score (nSPS) is 31.5. The van der Waals surface area contributed by atoms with Gasteiger partial charge in [-0.3, -0.25) is 0 Å². The Balaban J connectivity index is 1.95. The van der Waals surface area contributed by atoms with Crippen LogP contribution in [-0.4, -0.2) is 49.0 Å². The fourth-order valence-electron chi connectivity index (χ4n) is 1.94. The van der Waals surface area contributed by atoms with Crippen molar-refractivity contribution in [1.29, 1.82) is 0 Å². The molecule has 0 bridgehead atoms. The summed E-state index contributed by atoms with van der Waals surface area (Å²) in [5.41, 5.74) is -0.165. The molecule has 0 aromatic heterocycles. The van der Waals surface area contributed by atoms with Gasteiger partial charge in [0.05, 0.1) is 12.1 Å². The Morgan fingerprint density at radius 1 is 1.33 bits per heavy atom. The van der Waals surface area contributed by atoms with Gasteiger partial charge in [-0.25, -0.2) is 0 Å². The molecule has 0 aromatic rings. The van der Waals surface area contributed by atoms with Crippen molar-refractivity contribution >= 4 is 0 Å². The van der Waals surface area contributed by atoms with Gasteiger partial charge in [-0.1, -0.05) is 0 Å². The zero-order chi connectivity index (χ0) is 8.60. The molecule has 0 radical (unpaired) electrons. The fourth-order valence-corrected chi connectivity index (χ4v) is 1.94. The third-order valence-electron chi connectivity index (χ3n) is 2.87. The zero-order valence-electron chi connectivity index (χ0n) is 7.42. The highest BCUT2D eigenvalue weighted by atomic mass is 19.2. The van der Waals surface area contributed by atoms with Crippen molar-refractivity contribution in [3.8, 4) is 0 Å². The van der Waals surface area contributed by atoms with Crippen molar-refractivity contribution < 1.29 is 9.22 Å². The highest BCUT2D eigenvalue weighted by Crippen LogP contribution is 2.31. The van der Waals surface area contributed by atoms with Crippen molar-refractivity contribution in [2.24, 2.45) is 0 Å².